The first-order valence-corrected chi connectivity index (χ1v) is 7.70. The van der Waals surface area contributed by atoms with Crippen molar-refractivity contribution in [2.24, 2.45) is 5.10 Å². The van der Waals surface area contributed by atoms with Crippen LogP contribution in [0.15, 0.2) is 53.6 Å². The molecule has 0 heterocycles. The molecule has 0 saturated heterocycles. The van der Waals surface area contributed by atoms with Crippen LogP contribution < -0.4 is 20.2 Å². The zero-order chi connectivity index (χ0) is 18.2. The minimum atomic E-state index is -2.91. The van der Waals surface area contributed by atoms with Gasteiger partial charge in [-0.05, 0) is 43.4 Å². The molecule has 0 unspecified atom stereocenters. The lowest BCUT2D eigenvalue weighted by atomic mass is 10.1. The fourth-order valence-corrected chi connectivity index (χ4v) is 2.21. The van der Waals surface area contributed by atoms with Gasteiger partial charge in [0.1, 0.15) is 11.5 Å². The molecule has 0 bridgehead atoms. The van der Waals surface area contributed by atoms with Crippen molar-refractivity contribution in [2.45, 2.75) is 13.5 Å². The molecule has 2 N–H and O–H groups in total. The van der Waals surface area contributed by atoms with Crippen molar-refractivity contribution in [3.63, 3.8) is 0 Å². The van der Waals surface area contributed by atoms with E-state index < -0.39 is 6.61 Å². The molecule has 0 aliphatic rings. The van der Waals surface area contributed by atoms with Crippen LogP contribution in [0.4, 0.5) is 14.5 Å². The molecule has 132 valence electrons. The number of benzene rings is 2. The van der Waals surface area contributed by atoms with Crippen molar-refractivity contribution in [3.8, 4) is 11.5 Å². The van der Waals surface area contributed by atoms with E-state index in [9.17, 15) is 8.78 Å². The second-order valence-corrected chi connectivity index (χ2v) is 5.25. The van der Waals surface area contributed by atoms with Crippen LogP contribution in [-0.2, 0) is 0 Å². The lowest BCUT2D eigenvalue weighted by Gasteiger charge is -2.12. The third-order valence-corrected chi connectivity index (χ3v) is 3.37. The Balaban J connectivity index is 2.07. The second-order valence-electron chi connectivity index (χ2n) is 4.84. The van der Waals surface area contributed by atoms with Gasteiger partial charge >= 0.3 is 6.61 Å². The van der Waals surface area contributed by atoms with Crippen LogP contribution in [0.3, 0.4) is 0 Å². The summed E-state index contributed by atoms with van der Waals surface area (Å²) in [5.41, 5.74) is 4.23. The summed E-state index contributed by atoms with van der Waals surface area (Å²) in [5.74, 6) is 0.673. The van der Waals surface area contributed by atoms with Gasteiger partial charge in [-0.3, -0.25) is 5.43 Å². The lowest BCUT2D eigenvalue weighted by molar-refractivity contribution is -0.0499. The van der Waals surface area contributed by atoms with E-state index in [2.05, 4.69) is 20.6 Å². The number of ether oxygens (including phenoxy) is 2. The van der Waals surface area contributed by atoms with Gasteiger partial charge in [-0.15, -0.1) is 0 Å². The predicted octanol–water partition coefficient (Wildman–Crippen LogP) is 4.01. The van der Waals surface area contributed by atoms with Gasteiger partial charge in [0, 0.05) is 5.56 Å². The Hall–Kier alpha value is -2.74. The number of hydrogen-bond donors (Lipinski definition) is 2. The van der Waals surface area contributed by atoms with E-state index >= 15 is 0 Å². The van der Waals surface area contributed by atoms with Gasteiger partial charge < -0.3 is 14.8 Å². The first-order chi connectivity index (χ1) is 12.0. The van der Waals surface area contributed by atoms with Gasteiger partial charge in [-0.2, -0.15) is 13.9 Å². The number of alkyl halides is 2. The summed E-state index contributed by atoms with van der Waals surface area (Å²) in [5, 5.41) is 7.30. The molecule has 0 saturated carbocycles. The van der Waals surface area contributed by atoms with Crippen LogP contribution in [0.5, 0.6) is 11.5 Å². The molecule has 0 fully saturated rings. The Labute approximate surface area is 149 Å². The maximum Gasteiger partial charge on any atom is 0.387 e. The number of methoxy groups -OCH3 is 1. The third-order valence-electron chi connectivity index (χ3n) is 3.17. The molecule has 2 rings (SSSR count). The third kappa shape index (κ3) is 5.39. The number of hydrogen-bond acceptors (Lipinski definition) is 4. The Morgan fingerprint density at radius 3 is 2.40 bits per heavy atom. The molecule has 0 aromatic heterocycles. The molecule has 25 heavy (non-hydrogen) atoms. The molecular formula is C17H17F2N3O2S. The standard InChI is InChI=1S/C17H17F2N3O2S/c1-11(12-7-3-5-9-14(12)24-16(18)19)21-22-17(25)20-13-8-4-6-10-15(13)23-2/h3-10,16H,1-2H3,(H2,20,22,25)/b21-11+. The first-order valence-electron chi connectivity index (χ1n) is 7.29. The monoisotopic (exact) mass is 365 g/mol. The zero-order valence-electron chi connectivity index (χ0n) is 13.6. The quantitative estimate of drug-likeness (QED) is 0.460. The summed E-state index contributed by atoms with van der Waals surface area (Å²) in [6, 6.07) is 13.7. The topological polar surface area (TPSA) is 54.9 Å². The molecule has 2 aromatic rings. The van der Waals surface area contributed by atoms with Gasteiger partial charge in [0.05, 0.1) is 18.5 Å². The molecule has 5 nitrogen and oxygen atoms in total. The molecule has 0 aliphatic carbocycles. The molecule has 0 aliphatic heterocycles. The Morgan fingerprint density at radius 1 is 1.08 bits per heavy atom. The van der Waals surface area contributed by atoms with Crippen LogP contribution in [0.25, 0.3) is 0 Å². The van der Waals surface area contributed by atoms with Crippen molar-refractivity contribution >= 4 is 28.7 Å². The van der Waals surface area contributed by atoms with E-state index in [1.807, 2.05) is 12.1 Å². The molecule has 0 spiro atoms. The lowest BCUT2D eigenvalue weighted by Crippen LogP contribution is -2.25. The summed E-state index contributed by atoms with van der Waals surface area (Å²) >= 11 is 5.18. The average Bonchev–Trinajstić information content (AvgIpc) is 2.60. The molecular weight excluding hydrogens is 348 g/mol. The molecule has 0 radical (unpaired) electrons. The van der Waals surface area contributed by atoms with E-state index in [-0.39, 0.29) is 10.9 Å². The predicted molar refractivity (Wildman–Crippen MR) is 97.6 cm³/mol. The van der Waals surface area contributed by atoms with Gasteiger partial charge in [0.25, 0.3) is 0 Å². The van der Waals surface area contributed by atoms with Crippen LogP contribution in [0.1, 0.15) is 12.5 Å². The highest BCUT2D eigenvalue weighted by atomic mass is 32.1. The summed E-state index contributed by atoms with van der Waals surface area (Å²) in [7, 11) is 1.55. The average molecular weight is 365 g/mol. The summed E-state index contributed by atoms with van der Waals surface area (Å²) in [6.45, 7) is -1.25. The first kappa shape index (κ1) is 18.6. The molecule has 0 atom stereocenters. The van der Waals surface area contributed by atoms with Gasteiger partial charge in [-0.25, -0.2) is 0 Å². The van der Waals surface area contributed by atoms with Gasteiger partial charge in [0.2, 0.25) is 0 Å². The Kier molecular flexibility index (Phi) is 6.64. The van der Waals surface area contributed by atoms with Crippen molar-refractivity contribution < 1.29 is 18.3 Å². The SMILES string of the molecule is COc1ccccc1NC(=S)N/N=C(\C)c1ccccc1OC(F)F. The maximum atomic E-state index is 12.5. The summed E-state index contributed by atoms with van der Waals surface area (Å²) in [6.07, 6.45) is 0. The van der Waals surface area contributed by atoms with Crippen molar-refractivity contribution in [2.75, 3.05) is 12.4 Å². The molecule has 2 aromatic carbocycles. The minimum Gasteiger partial charge on any atom is -0.495 e. The largest absolute Gasteiger partial charge is 0.495 e. The highest BCUT2D eigenvalue weighted by molar-refractivity contribution is 7.80. The number of nitrogens with zero attached hydrogens (tertiary/aromatic N) is 1. The summed E-state index contributed by atoms with van der Waals surface area (Å²) < 4.78 is 34.7. The highest BCUT2D eigenvalue weighted by Crippen LogP contribution is 2.23. The number of para-hydroxylation sites is 3. The highest BCUT2D eigenvalue weighted by Gasteiger charge is 2.11. The minimum absolute atomic E-state index is 0.0455. The van der Waals surface area contributed by atoms with Crippen LogP contribution in [0, 0.1) is 0 Å². The van der Waals surface area contributed by atoms with Crippen LogP contribution >= 0.6 is 12.2 Å². The number of hydrazone groups is 1. The Bertz CT molecular complexity index is 769. The normalized spacial score (nSPS) is 11.2. The number of anilines is 1. The Morgan fingerprint density at radius 2 is 1.72 bits per heavy atom. The molecule has 8 heteroatoms. The van der Waals surface area contributed by atoms with Gasteiger partial charge in [-0.1, -0.05) is 24.3 Å². The number of rotatable bonds is 6. The fourth-order valence-electron chi connectivity index (χ4n) is 2.06. The van der Waals surface area contributed by atoms with Crippen molar-refractivity contribution in [1.29, 1.82) is 0 Å². The number of nitrogens with one attached hydrogen (secondary N) is 2. The number of halogens is 2. The smallest absolute Gasteiger partial charge is 0.387 e. The maximum absolute atomic E-state index is 12.5. The van der Waals surface area contributed by atoms with E-state index in [1.165, 1.54) is 6.07 Å². The fraction of sp³-hybridized carbons (Fsp3) is 0.176. The van der Waals surface area contributed by atoms with Crippen LogP contribution in [-0.4, -0.2) is 24.5 Å². The zero-order valence-corrected chi connectivity index (χ0v) is 14.4. The van der Waals surface area contributed by atoms with E-state index in [4.69, 9.17) is 17.0 Å². The van der Waals surface area contributed by atoms with Crippen molar-refractivity contribution in [3.05, 3.63) is 54.1 Å². The second kappa shape index (κ2) is 8.93. The van der Waals surface area contributed by atoms with Crippen LogP contribution in [0.2, 0.25) is 0 Å². The molecule has 0 amide bonds. The van der Waals surface area contributed by atoms with E-state index in [0.717, 1.165) is 0 Å². The summed E-state index contributed by atoms with van der Waals surface area (Å²) in [4.78, 5) is 0. The van der Waals surface area contributed by atoms with Gasteiger partial charge in [0.15, 0.2) is 5.11 Å². The number of thiocarbonyl (C=S) groups is 1. The van der Waals surface area contributed by atoms with Crippen molar-refractivity contribution in [1.82, 2.24) is 5.43 Å². The van der Waals surface area contributed by atoms with E-state index in [0.29, 0.717) is 22.7 Å². The van der Waals surface area contributed by atoms with E-state index in [1.54, 1.807) is 44.4 Å².